The highest BCUT2D eigenvalue weighted by molar-refractivity contribution is 5.80. The fourth-order valence-electron chi connectivity index (χ4n) is 1.68. The van der Waals surface area contributed by atoms with Crippen molar-refractivity contribution in [2.45, 2.75) is 19.4 Å². The molecule has 1 amide bonds. The van der Waals surface area contributed by atoms with Crippen LogP contribution in [-0.4, -0.2) is 70.3 Å². The number of carboxylic acid groups (broad SMARTS) is 2. The lowest BCUT2D eigenvalue weighted by Gasteiger charge is -2.18. The summed E-state index contributed by atoms with van der Waals surface area (Å²) in [5, 5.41) is 29.1. The molecule has 19 heavy (non-hydrogen) atoms. The van der Waals surface area contributed by atoms with Gasteiger partial charge in [0.15, 0.2) is 0 Å². The lowest BCUT2D eigenvalue weighted by Crippen LogP contribution is -2.43. The van der Waals surface area contributed by atoms with Crippen molar-refractivity contribution in [2.75, 3.05) is 26.2 Å². The Labute approximate surface area is 110 Å². The maximum Gasteiger partial charge on any atom is 0.317 e. The van der Waals surface area contributed by atoms with Crippen LogP contribution in [0.3, 0.4) is 0 Å². The Balaban J connectivity index is 2.37. The zero-order valence-corrected chi connectivity index (χ0v) is 10.6. The molecule has 0 aliphatic heterocycles. The van der Waals surface area contributed by atoms with E-state index in [-0.39, 0.29) is 12.0 Å². The predicted octanol–water partition coefficient (Wildman–Crippen LogP) is -1.66. The third-order valence-corrected chi connectivity index (χ3v) is 3.08. The van der Waals surface area contributed by atoms with Crippen LogP contribution in [-0.2, 0) is 14.4 Å². The number of carboxylic acids is 2. The molecular weight excluding hydrogens is 256 g/mol. The number of aliphatic carboxylic acids is 2. The smallest absolute Gasteiger partial charge is 0.317 e. The average Bonchev–Trinajstić information content (AvgIpc) is 2.82. The number of carbonyl (C=O) groups excluding carboxylic acids is 1. The van der Waals surface area contributed by atoms with E-state index in [1.54, 1.807) is 0 Å². The molecule has 1 aliphatic carbocycles. The SMILES string of the molecule is CC1(CNC(=O)CN(CC(=O)O)CC(=O)O)CC1O. The maximum absolute atomic E-state index is 11.6. The van der Waals surface area contributed by atoms with Crippen LogP contribution in [0.5, 0.6) is 0 Å². The van der Waals surface area contributed by atoms with E-state index in [9.17, 15) is 19.5 Å². The van der Waals surface area contributed by atoms with Crippen LogP contribution in [0.15, 0.2) is 0 Å². The van der Waals surface area contributed by atoms with E-state index in [2.05, 4.69) is 5.32 Å². The third kappa shape index (κ3) is 5.23. The van der Waals surface area contributed by atoms with E-state index >= 15 is 0 Å². The molecule has 1 saturated carbocycles. The first-order chi connectivity index (χ1) is 8.73. The lowest BCUT2D eigenvalue weighted by molar-refractivity contribution is -0.142. The van der Waals surface area contributed by atoms with Gasteiger partial charge >= 0.3 is 11.9 Å². The van der Waals surface area contributed by atoms with Gasteiger partial charge in [-0.3, -0.25) is 19.3 Å². The minimum absolute atomic E-state index is 0.293. The Hall–Kier alpha value is -1.67. The molecule has 1 aliphatic rings. The van der Waals surface area contributed by atoms with Gasteiger partial charge in [0, 0.05) is 12.0 Å². The van der Waals surface area contributed by atoms with E-state index in [0.717, 1.165) is 4.90 Å². The van der Waals surface area contributed by atoms with E-state index in [4.69, 9.17) is 10.2 Å². The van der Waals surface area contributed by atoms with Crippen LogP contribution < -0.4 is 5.32 Å². The summed E-state index contributed by atoms with van der Waals surface area (Å²) >= 11 is 0. The van der Waals surface area contributed by atoms with Gasteiger partial charge < -0.3 is 20.6 Å². The summed E-state index contributed by atoms with van der Waals surface area (Å²) in [6, 6.07) is 0. The molecule has 0 aromatic carbocycles. The molecule has 0 radical (unpaired) electrons. The summed E-state index contributed by atoms with van der Waals surface area (Å²) in [5.74, 6) is -2.85. The number of hydrogen-bond donors (Lipinski definition) is 4. The van der Waals surface area contributed by atoms with E-state index in [0.29, 0.717) is 13.0 Å². The normalized spacial score (nSPS) is 25.1. The van der Waals surface area contributed by atoms with Crippen molar-refractivity contribution >= 4 is 17.8 Å². The predicted molar refractivity (Wildman–Crippen MR) is 63.5 cm³/mol. The molecule has 8 heteroatoms. The quantitative estimate of drug-likeness (QED) is 0.417. The fourth-order valence-corrected chi connectivity index (χ4v) is 1.68. The van der Waals surface area contributed by atoms with Crippen LogP contribution >= 0.6 is 0 Å². The molecule has 0 spiro atoms. The molecule has 0 aromatic heterocycles. The van der Waals surface area contributed by atoms with Crippen molar-refractivity contribution < 1.29 is 29.7 Å². The number of nitrogens with zero attached hydrogens (tertiary/aromatic N) is 1. The second kappa shape index (κ2) is 5.98. The largest absolute Gasteiger partial charge is 0.480 e. The van der Waals surface area contributed by atoms with Crippen molar-refractivity contribution in [1.29, 1.82) is 0 Å². The minimum Gasteiger partial charge on any atom is -0.480 e. The molecule has 1 fully saturated rings. The van der Waals surface area contributed by atoms with Gasteiger partial charge in [0.05, 0.1) is 25.7 Å². The zero-order valence-electron chi connectivity index (χ0n) is 10.6. The first-order valence-electron chi connectivity index (χ1n) is 5.83. The summed E-state index contributed by atoms with van der Waals surface area (Å²) in [6.45, 7) is 0.787. The van der Waals surface area contributed by atoms with Crippen molar-refractivity contribution in [3.63, 3.8) is 0 Å². The van der Waals surface area contributed by atoms with Gasteiger partial charge in [0.1, 0.15) is 0 Å². The highest BCUT2D eigenvalue weighted by Gasteiger charge is 2.49. The van der Waals surface area contributed by atoms with Crippen LogP contribution in [0.2, 0.25) is 0 Å². The maximum atomic E-state index is 11.6. The molecule has 1 rings (SSSR count). The van der Waals surface area contributed by atoms with Crippen molar-refractivity contribution in [3.05, 3.63) is 0 Å². The monoisotopic (exact) mass is 274 g/mol. The molecule has 2 unspecified atom stereocenters. The van der Waals surface area contributed by atoms with Crippen molar-refractivity contribution in [2.24, 2.45) is 5.41 Å². The number of rotatable bonds is 8. The number of amides is 1. The van der Waals surface area contributed by atoms with Crippen molar-refractivity contribution in [3.8, 4) is 0 Å². The molecule has 8 nitrogen and oxygen atoms in total. The van der Waals surface area contributed by atoms with Gasteiger partial charge in [0.2, 0.25) is 5.91 Å². The minimum atomic E-state index is -1.20. The third-order valence-electron chi connectivity index (χ3n) is 3.08. The van der Waals surface area contributed by atoms with Crippen molar-refractivity contribution in [1.82, 2.24) is 10.2 Å². The molecule has 0 saturated heterocycles. The lowest BCUT2D eigenvalue weighted by atomic mass is 10.1. The standard InChI is InChI=1S/C11H18N2O6/c1-11(2-7(11)14)6-12-8(15)3-13(4-9(16)17)5-10(18)19/h7,14H,2-6H2,1H3,(H,12,15)(H,16,17)(H,18,19). The highest BCUT2D eigenvalue weighted by Crippen LogP contribution is 2.44. The summed E-state index contributed by atoms with van der Waals surface area (Å²) < 4.78 is 0. The number of nitrogens with one attached hydrogen (secondary N) is 1. The topological polar surface area (TPSA) is 127 Å². The van der Waals surface area contributed by atoms with Gasteiger partial charge in [-0.1, -0.05) is 6.92 Å². The molecule has 108 valence electrons. The van der Waals surface area contributed by atoms with Crippen LogP contribution in [0.25, 0.3) is 0 Å². The number of carbonyl (C=O) groups is 3. The van der Waals surface area contributed by atoms with Gasteiger partial charge in [-0.25, -0.2) is 0 Å². The zero-order chi connectivity index (χ0) is 14.6. The summed E-state index contributed by atoms with van der Waals surface area (Å²) in [4.78, 5) is 33.7. The number of hydrogen-bond acceptors (Lipinski definition) is 5. The fraction of sp³-hybridized carbons (Fsp3) is 0.727. The van der Waals surface area contributed by atoms with Gasteiger partial charge in [-0.2, -0.15) is 0 Å². The molecule has 0 heterocycles. The Kier molecular flexibility index (Phi) is 4.84. The molecular formula is C11H18N2O6. The summed E-state index contributed by atoms with van der Waals surface area (Å²) in [5.41, 5.74) is -0.319. The number of aliphatic hydroxyl groups is 1. The highest BCUT2D eigenvalue weighted by atomic mass is 16.4. The van der Waals surface area contributed by atoms with Crippen LogP contribution in [0.4, 0.5) is 0 Å². The Morgan fingerprint density at radius 2 is 1.68 bits per heavy atom. The van der Waals surface area contributed by atoms with E-state index in [1.165, 1.54) is 0 Å². The second-order valence-electron chi connectivity index (χ2n) is 5.08. The van der Waals surface area contributed by atoms with E-state index < -0.39 is 37.0 Å². The second-order valence-corrected chi connectivity index (χ2v) is 5.08. The molecule has 2 atom stereocenters. The van der Waals surface area contributed by atoms with Crippen LogP contribution in [0, 0.1) is 5.41 Å². The average molecular weight is 274 g/mol. The molecule has 0 bridgehead atoms. The summed E-state index contributed by atoms with van der Waals surface area (Å²) in [7, 11) is 0. The van der Waals surface area contributed by atoms with E-state index in [1.807, 2.05) is 6.92 Å². The van der Waals surface area contributed by atoms with Gasteiger partial charge in [-0.05, 0) is 6.42 Å². The Bertz CT molecular complexity index is 369. The Morgan fingerprint density at radius 1 is 1.21 bits per heavy atom. The Morgan fingerprint density at radius 3 is 2.05 bits per heavy atom. The first kappa shape index (κ1) is 15.4. The van der Waals surface area contributed by atoms with Gasteiger partial charge in [0.25, 0.3) is 0 Å². The number of aliphatic hydroxyl groups excluding tert-OH is 1. The molecule has 4 N–H and O–H groups in total. The first-order valence-corrected chi connectivity index (χ1v) is 5.83. The van der Waals surface area contributed by atoms with Gasteiger partial charge in [-0.15, -0.1) is 0 Å². The van der Waals surface area contributed by atoms with Crippen LogP contribution in [0.1, 0.15) is 13.3 Å². The summed E-state index contributed by atoms with van der Waals surface area (Å²) in [6.07, 6.45) is 0.184. The molecule has 0 aromatic rings.